The van der Waals surface area contributed by atoms with Crippen molar-refractivity contribution in [2.45, 2.75) is 11.8 Å². The van der Waals surface area contributed by atoms with Crippen LogP contribution in [0.1, 0.15) is 27.0 Å². The highest BCUT2D eigenvalue weighted by Gasteiger charge is 2.53. The van der Waals surface area contributed by atoms with E-state index < -0.39 is 40.3 Å². The van der Waals surface area contributed by atoms with Crippen LogP contribution in [0.25, 0.3) is 0 Å². The third-order valence-corrected chi connectivity index (χ3v) is 4.54. The molecule has 2 aromatic rings. The summed E-state index contributed by atoms with van der Waals surface area (Å²) in [6.07, 6.45) is -4.98. The average molecular weight is 405 g/mol. The predicted octanol–water partition coefficient (Wildman–Crippen LogP) is 3.30. The Kier molecular flexibility index (Phi) is 4.18. The van der Waals surface area contributed by atoms with Gasteiger partial charge < -0.3 is 16.2 Å². The van der Waals surface area contributed by atoms with E-state index >= 15 is 0 Å². The van der Waals surface area contributed by atoms with Gasteiger partial charge in [-0.05, 0) is 24.3 Å². The normalized spacial score (nSPS) is 19.2. The van der Waals surface area contributed by atoms with Crippen LogP contribution >= 0.6 is 23.2 Å². The Morgan fingerprint density at radius 2 is 1.85 bits per heavy atom. The van der Waals surface area contributed by atoms with Crippen LogP contribution in [0.3, 0.4) is 0 Å². The summed E-state index contributed by atoms with van der Waals surface area (Å²) in [5, 5.41) is 13.1. The van der Waals surface area contributed by atoms with Gasteiger partial charge in [0.2, 0.25) is 5.91 Å². The predicted molar refractivity (Wildman–Crippen MR) is 88.1 cm³/mol. The molecular formula is C16H9Cl2F3N2O3. The Morgan fingerprint density at radius 1 is 1.19 bits per heavy atom. The van der Waals surface area contributed by atoms with Crippen molar-refractivity contribution in [2.24, 2.45) is 5.73 Å². The van der Waals surface area contributed by atoms with Crippen molar-refractivity contribution in [1.82, 2.24) is 0 Å². The van der Waals surface area contributed by atoms with Gasteiger partial charge in [-0.3, -0.25) is 9.59 Å². The number of alkyl halides is 3. The Labute approximate surface area is 154 Å². The molecule has 26 heavy (non-hydrogen) atoms. The molecular weight excluding hydrogens is 396 g/mol. The van der Waals surface area contributed by atoms with Crippen molar-refractivity contribution in [3.8, 4) is 0 Å². The highest BCUT2D eigenvalue weighted by molar-refractivity contribution is 6.35. The van der Waals surface area contributed by atoms with Gasteiger partial charge in [-0.1, -0.05) is 29.3 Å². The summed E-state index contributed by atoms with van der Waals surface area (Å²) in [7, 11) is 0. The van der Waals surface area contributed by atoms with Gasteiger partial charge in [-0.25, -0.2) is 0 Å². The topological polar surface area (TPSA) is 92.4 Å². The van der Waals surface area contributed by atoms with Gasteiger partial charge in [0.05, 0.1) is 5.56 Å². The highest BCUT2D eigenvalue weighted by atomic mass is 35.5. The van der Waals surface area contributed by atoms with Crippen molar-refractivity contribution in [2.75, 3.05) is 5.32 Å². The summed E-state index contributed by atoms with van der Waals surface area (Å²) < 4.78 is 40.7. The SMILES string of the molecule is NC(=O)c1cc2c(c(C(F)(F)F)c1)C(O)(c1ccc(Cl)cc1Cl)C(=O)N2. The number of nitrogens with two attached hydrogens (primary N) is 1. The first-order valence-electron chi connectivity index (χ1n) is 7.01. The molecule has 1 atom stereocenters. The fourth-order valence-electron chi connectivity index (χ4n) is 2.86. The molecule has 1 aliphatic rings. The van der Waals surface area contributed by atoms with Crippen LogP contribution in [0.15, 0.2) is 30.3 Å². The number of hydrogen-bond donors (Lipinski definition) is 3. The van der Waals surface area contributed by atoms with Crippen molar-refractivity contribution in [3.05, 3.63) is 62.6 Å². The lowest BCUT2D eigenvalue weighted by atomic mass is 9.83. The number of carbonyl (C=O) groups is 2. The first kappa shape index (κ1) is 18.5. The minimum atomic E-state index is -4.98. The molecule has 136 valence electrons. The Morgan fingerprint density at radius 3 is 2.38 bits per heavy atom. The van der Waals surface area contributed by atoms with Crippen LogP contribution in [0.4, 0.5) is 18.9 Å². The van der Waals surface area contributed by atoms with Gasteiger partial charge in [0.1, 0.15) is 0 Å². The minimum absolute atomic E-state index is 0.168. The molecule has 10 heteroatoms. The summed E-state index contributed by atoms with van der Waals surface area (Å²) in [6, 6.07) is 5.06. The van der Waals surface area contributed by atoms with Crippen LogP contribution in [0.2, 0.25) is 10.0 Å². The Balaban J connectivity index is 2.38. The zero-order valence-corrected chi connectivity index (χ0v) is 14.1. The second kappa shape index (κ2) is 5.87. The van der Waals surface area contributed by atoms with E-state index in [1.54, 1.807) is 0 Å². The molecule has 1 aliphatic heterocycles. The van der Waals surface area contributed by atoms with Gasteiger partial charge in [0.15, 0.2) is 5.60 Å². The average Bonchev–Trinajstić information content (AvgIpc) is 2.77. The van der Waals surface area contributed by atoms with Crippen molar-refractivity contribution >= 4 is 40.7 Å². The van der Waals surface area contributed by atoms with Gasteiger partial charge in [-0.15, -0.1) is 0 Å². The number of amides is 2. The molecule has 1 heterocycles. The van der Waals surface area contributed by atoms with Crippen LogP contribution in [-0.2, 0) is 16.6 Å². The summed E-state index contributed by atoms with van der Waals surface area (Å²) >= 11 is 11.8. The molecule has 0 aromatic heterocycles. The number of nitrogens with one attached hydrogen (secondary N) is 1. The fraction of sp³-hybridized carbons (Fsp3) is 0.125. The molecule has 4 N–H and O–H groups in total. The number of rotatable bonds is 2. The van der Waals surface area contributed by atoms with E-state index in [9.17, 15) is 27.9 Å². The molecule has 0 radical (unpaired) electrons. The van der Waals surface area contributed by atoms with Gasteiger partial charge in [0.25, 0.3) is 5.91 Å². The molecule has 0 saturated heterocycles. The molecule has 0 aliphatic carbocycles. The maximum absolute atomic E-state index is 13.6. The van der Waals surface area contributed by atoms with Gasteiger partial charge >= 0.3 is 6.18 Å². The van der Waals surface area contributed by atoms with E-state index in [1.165, 1.54) is 12.1 Å². The first-order valence-corrected chi connectivity index (χ1v) is 7.76. The van der Waals surface area contributed by atoms with E-state index in [0.717, 1.165) is 12.1 Å². The van der Waals surface area contributed by atoms with Crippen molar-refractivity contribution in [1.29, 1.82) is 0 Å². The van der Waals surface area contributed by atoms with Crippen LogP contribution < -0.4 is 11.1 Å². The molecule has 2 aromatic carbocycles. The summed E-state index contributed by atoms with van der Waals surface area (Å²) in [4.78, 5) is 23.7. The third kappa shape index (κ3) is 2.70. The molecule has 1 unspecified atom stereocenters. The zero-order valence-electron chi connectivity index (χ0n) is 12.6. The molecule has 0 saturated carbocycles. The Hall–Kier alpha value is -2.29. The smallest absolute Gasteiger partial charge is 0.372 e. The van der Waals surface area contributed by atoms with E-state index in [4.69, 9.17) is 28.9 Å². The lowest BCUT2D eigenvalue weighted by Gasteiger charge is -2.25. The molecule has 2 amide bonds. The number of hydrogen-bond acceptors (Lipinski definition) is 3. The van der Waals surface area contributed by atoms with Gasteiger partial charge in [0, 0.05) is 32.4 Å². The number of carbonyl (C=O) groups excluding carboxylic acids is 2. The van der Waals surface area contributed by atoms with Crippen LogP contribution in [0, 0.1) is 0 Å². The van der Waals surface area contributed by atoms with E-state index in [0.29, 0.717) is 6.07 Å². The molecule has 0 bridgehead atoms. The maximum Gasteiger partial charge on any atom is 0.416 e. The fourth-order valence-corrected chi connectivity index (χ4v) is 3.41. The quantitative estimate of drug-likeness (QED) is 0.716. The first-order chi connectivity index (χ1) is 12.0. The van der Waals surface area contributed by atoms with Crippen molar-refractivity contribution < 1.29 is 27.9 Å². The lowest BCUT2D eigenvalue weighted by Crippen LogP contribution is -2.37. The second-order valence-corrected chi connectivity index (χ2v) is 6.44. The van der Waals surface area contributed by atoms with Crippen molar-refractivity contribution in [3.63, 3.8) is 0 Å². The van der Waals surface area contributed by atoms with E-state index in [2.05, 4.69) is 5.32 Å². The maximum atomic E-state index is 13.6. The van der Waals surface area contributed by atoms with Gasteiger partial charge in [-0.2, -0.15) is 13.2 Å². The number of fused-ring (bicyclic) bond motifs is 1. The number of benzene rings is 2. The highest BCUT2D eigenvalue weighted by Crippen LogP contribution is 2.49. The molecule has 0 fully saturated rings. The standard InChI is InChI=1S/C16H9Cl2F3N2O3/c17-7-1-2-8(10(18)5-7)15(26)12-9(16(19,20)21)3-6(13(22)24)4-11(12)23-14(15)25/h1-5,26H,(H2,22,24)(H,23,25). The number of primary amides is 1. The number of halogens is 5. The largest absolute Gasteiger partial charge is 0.416 e. The van der Waals surface area contributed by atoms with E-state index in [-0.39, 0.29) is 21.3 Å². The molecule has 0 spiro atoms. The summed E-state index contributed by atoms with van der Waals surface area (Å²) in [5.41, 5.74) is -0.939. The minimum Gasteiger partial charge on any atom is -0.372 e. The zero-order chi connectivity index (χ0) is 19.4. The van der Waals surface area contributed by atoms with Crippen LogP contribution in [-0.4, -0.2) is 16.9 Å². The summed E-state index contributed by atoms with van der Waals surface area (Å²) in [6.45, 7) is 0. The van der Waals surface area contributed by atoms with E-state index in [1.807, 2.05) is 0 Å². The Bertz CT molecular complexity index is 962. The number of aliphatic hydroxyl groups is 1. The molecule has 3 rings (SSSR count). The monoisotopic (exact) mass is 404 g/mol. The lowest BCUT2D eigenvalue weighted by molar-refractivity contribution is -0.141. The summed E-state index contributed by atoms with van der Waals surface area (Å²) in [5.74, 6) is -2.27. The number of anilines is 1. The third-order valence-electron chi connectivity index (χ3n) is 3.99. The molecule has 5 nitrogen and oxygen atoms in total. The second-order valence-electron chi connectivity index (χ2n) is 5.60. The van der Waals surface area contributed by atoms with Crippen LogP contribution in [0.5, 0.6) is 0 Å².